The molecular weight excluding hydrogens is 248 g/mol. The predicted octanol–water partition coefficient (Wildman–Crippen LogP) is 3.52. The summed E-state index contributed by atoms with van der Waals surface area (Å²) in [5.74, 6) is 0.925. The molecule has 1 aromatic rings. The lowest BCUT2D eigenvalue weighted by Crippen LogP contribution is -2.47. The molecule has 2 aliphatic rings. The molecule has 0 aliphatic carbocycles. The number of carbonyl (C=O) groups is 1. The molecule has 3 nitrogen and oxygen atoms in total. The van der Waals surface area contributed by atoms with Crippen LogP contribution in [0.25, 0.3) is 0 Å². The zero-order valence-corrected chi connectivity index (χ0v) is 12.4. The Bertz CT molecular complexity index is 500. The van der Waals surface area contributed by atoms with Gasteiger partial charge in [0.25, 0.3) is 5.91 Å². The van der Waals surface area contributed by atoms with E-state index >= 15 is 0 Å². The van der Waals surface area contributed by atoms with Gasteiger partial charge in [0, 0.05) is 24.3 Å². The Kier molecular flexibility index (Phi) is 3.68. The van der Waals surface area contributed by atoms with Gasteiger partial charge in [-0.05, 0) is 50.7 Å². The Balaban J connectivity index is 1.98. The summed E-state index contributed by atoms with van der Waals surface area (Å²) in [5, 5.41) is 3.43. The van der Waals surface area contributed by atoms with Crippen molar-refractivity contribution in [2.75, 3.05) is 11.9 Å². The molecule has 3 rings (SSSR count). The Morgan fingerprint density at radius 2 is 1.95 bits per heavy atom. The van der Waals surface area contributed by atoms with Crippen LogP contribution in [0, 0.1) is 5.92 Å². The third-order valence-corrected chi connectivity index (χ3v) is 4.79. The maximum absolute atomic E-state index is 13.0. The third kappa shape index (κ3) is 2.41. The van der Waals surface area contributed by atoms with Crippen molar-refractivity contribution in [2.45, 2.75) is 51.6 Å². The highest BCUT2D eigenvalue weighted by Crippen LogP contribution is 2.31. The number of fused-ring (bicyclic) bond motifs is 2. The van der Waals surface area contributed by atoms with Gasteiger partial charge in [0.1, 0.15) is 0 Å². The van der Waals surface area contributed by atoms with Gasteiger partial charge in [-0.15, -0.1) is 0 Å². The summed E-state index contributed by atoms with van der Waals surface area (Å²) in [7, 11) is 0. The van der Waals surface area contributed by atoms with Gasteiger partial charge < -0.3 is 10.2 Å². The molecular formula is C17H24N2O. The van der Waals surface area contributed by atoms with E-state index in [1.165, 1.54) is 6.42 Å². The first kappa shape index (κ1) is 13.5. The van der Waals surface area contributed by atoms with Gasteiger partial charge in [0.05, 0.1) is 5.56 Å². The average molecular weight is 272 g/mol. The number of amides is 1. The molecule has 108 valence electrons. The molecule has 0 radical (unpaired) electrons. The molecule has 0 saturated carbocycles. The topological polar surface area (TPSA) is 32.3 Å². The molecule has 3 heteroatoms. The van der Waals surface area contributed by atoms with Gasteiger partial charge in [-0.25, -0.2) is 0 Å². The van der Waals surface area contributed by atoms with E-state index in [0.717, 1.165) is 37.1 Å². The van der Waals surface area contributed by atoms with Crippen LogP contribution in [-0.2, 0) is 0 Å². The van der Waals surface area contributed by atoms with Crippen molar-refractivity contribution in [1.29, 1.82) is 0 Å². The average Bonchev–Trinajstić information content (AvgIpc) is 2.55. The number of anilines is 1. The number of hydrogen-bond acceptors (Lipinski definition) is 2. The zero-order chi connectivity index (χ0) is 14.1. The SMILES string of the molecule is CC1CCC2CCNc3ccccc3C(=O)N2C(C)C1. The van der Waals surface area contributed by atoms with E-state index < -0.39 is 0 Å². The molecule has 2 aliphatic heterocycles. The summed E-state index contributed by atoms with van der Waals surface area (Å²) in [6.45, 7) is 5.48. The van der Waals surface area contributed by atoms with Crippen molar-refractivity contribution in [2.24, 2.45) is 5.92 Å². The first-order valence-electron chi connectivity index (χ1n) is 7.82. The van der Waals surface area contributed by atoms with Crippen LogP contribution in [0.1, 0.15) is 49.9 Å². The number of carbonyl (C=O) groups excluding carboxylic acids is 1. The molecule has 0 spiro atoms. The summed E-state index contributed by atoms with van der Waals surface area (Å²) in [6.07, 6.45) is 4.55. The third-order valence-electron chi connectivity index (χ3n) is 4.79. The molecule has 1 fully saturated rings. The van der Waals surface area contributed by atoms with E-state index in [1.807, 2.05) is 24.3 Å². The lowest BCUT2D eigenvalue weighted by atomic mass is 9.99. The summed E-state index contributed by atoms with van der Waals surface area (Å²) in [5.41, 5.74) is 1.82. The summed E-state index contributed by atoms with van der Waals surface area (Å²) < 4.78 is 0. The number of para-hydroxylation sites is 1. The van der Waals surface area contributed by atoms with Crippen molar-refractivity contribution in [3.05, 3.63) is 29.8 Å². The standard InChI is InChI=1S/C17H24N2O/c1-12-7-8-14-9-10-18-16-6-4-3-5-15(16)17(20)19(14)13(2)11-12/h3-6,12-14,18H,7-11H2,1-2H3. The van der Waals surface area contributed by atoms with E-state index in [2.05, 4.69) is 24.1 Å². The second-order valence-corrected chi connectivity index (χ2v) is 6.39. The maximum Gasteiger partial charge on any atom is 0.256 e. The van der Waals surface area contributed by atoms with Crippen LogP contribution in [0.4, 0.5) is 5.69 Å². The van der Waals surface area contributed by atoms with Crippen LogP contribution in [0.2, 0.25) is 0 Å². The van der Waals surface area contributed by atoms with E-state index in [4.69, 9.17) is 0 Å². The smallest absolute Gasteiger partial charge is 0.256 e. The van der Waals surface area contributed by atoms with Crippen LogP contribution < -0.4 is 5.32 Å². The Morgan fingerprint density at radius 3 is 2.80 bits per heavy atom. The van der Waals surface area contributed by atoms with Crippen molar-refractivity contribution in [3.8, 4) is 0 Å². The van der Waals surface area contributed by atoms with E-state index in [9.17, 15) is 4.79 Å². The van der Waals surface area contributed by atoms with Crippen molar-refractivity contribution in [3.63, 3.8) is 0 Å². The number of nitrogens with one attached hydrogen (secondary N) is 1. The molecule has 1 aromatic carbocycles. The molecule has 20 heavy (non-hydrogen) atoms. The molecule has 3 atom stereocenters. The van der Waals surface area contributed by atoms with Gasteiger partial charge in [-0.2, -0.15) is 0 Å². The molecule has 1 amide bonds. The Hall–Kier alpha value is -1.51. The largest absolute Gasteiger partial charge is 0.384 e. The van der Waals surface area contributed by atoms with Gasteiger partial charge >= 0.3 is 0 Å². The fourth-order valence-corrected chi connectivity index (χ4v) is 3.78. The highest BCUT2D eigenvalue weighted by atomic mass is 16.2. The highest BCUT2D eigenvalue weighted by molar-refractivity contribution is 6.00. The highest BCUT2D eigenvalue weighted by Gasteiger charge is 2.34. The molecule has 0 bridgehead atoms. The first-order valence-corrected chi connectivity index (χ1v) is 7.82. The minimum absolute atomic E-state index is 0.208. The molecule has 3 unspecified atom stereocenters. The fraction of sp³-hybridized carbons (Fsp3) is 0.588. The van der Waals surface area contributed by atoms with E-state index in [0.29, 0.717) is 18.0 Å². The number of nitrogens with zero attached hydrogens (tertiary/aromatic N) is 1. The number of hydrogen-bond donors (Lipinski definition) is 1. The predicted molar refractivity (Wildman–Crippen MR) is 82.0 cm³/mol. The van der Waals surface area contributed by atoms with Crippen LogP contribution in [0.5, 0.6) is 0 Å². The van der Waals surface area contributed by atoms with Gasteiger partial charge in [0.15, 0.2) is 0 Å². The Labute approximate surface area is 121 Å². The van der Waals surface area contributed by atoms with E-state index in [-0.39, 0.29) is 5.91 Å². The van der Waals surface area contributed by atoms with Gasteiger partial charge in [-0.3, -0.25) is 4.79 Å². The Morgan fingerprint density at radius 1 is 1.15 bits per heavy atom. The lowest BCUT2D eigenvalue weighted by molar-refractivity contribution is 0.0581. The van der Waals surface area contributed by atoms with E-state index in [1.54, 1.807) is 0 Å². The normalized spacial score (nSPS) is 30.4. The molecule has 0 aromatic heterocycles. The minimum atomic E-state index is 0.208. The first-order chi connectivity index (χ1) is 9.66. The van der Waals surface area contributed by atoms with Crippen molar-refractivity contribution >= 4 is 11.6 Å². The second kappa shape index (κ2) is 5.47. The maximum atomic E-state index is 13.0. The van der Waals surface area contributed by atoms with Gasteiger partial charge in [-0.1, -0.05) is 19.1 Å². The number of benzene rings is 1. The van der Waals surface area contributed by atoms with Crippen LogP contribution >= 0.6 is 0 Å². The molecule has 1 saturated heterocycles. The second-order valence-electron chi connectivity index (χ2n) is 6.39. The van der Waals surface area contributed by atoms with Crippen LogP contribution in [0.3, 0.4) is 0 Å². The lowest BCUT2D eigenvalue weighted by Gasteiger charge is -2.37. The van der Waals surface area contributed by atoms with Crippen LogP contribution in [0.15, 0.2) is 24.3 Å². The number of rotatable bonds is 0. The fourth-order valence-electron chi connectivity index (χ4n) is 3.78. The van der Waals surface area contributed by atoms with Crippen molar-refractivity contribution in [1.82, 2.24) is 4.90 Å². The zero-order valence-electron chi connectivity index (χ0n) is 12.4. The van der Waals surface area contributed by atoms with Crippen LogP contribution in [-0.4, -0.2) is 29.4 Å². The monoisotopic (exact) mass is 272 g/mol. The molecule has 2 heterocycles. The summed E-state index contributed by atoms with van der Waals surface area (Å²) in [4.78, 5) is 15.1. The molecule has 1 N–H and O–H groups in total. The quantitative estimate of drug-likeness (QED) is 0.783. The van der Waals surface area contributed by atoms with Gasteiger partial charge in [0.2, 0.25) is 0 Å². The summed E-state index contributed by atoms with van der Waals surface area (Å²) >= 11 is 0. The summed E-state index contributed by atoms with van der Waals surface area (Å²) in [6, 6.07) is 8.65. The minimum Gasteiger partial charge on any atom is -0.384 e. The van der Waals surface area contributed by atoms with Crippen molar-refractivity contribution < 1.29 is 4.79 Å².